The molecule has 0 atom stereocenters. The highest BCUT2D eigenvalue weighted by atomic mass is 14.2. The first kappa shape index (κ1) is 12.7. The molecule has 76 valence electrons. The van der Waals surface area contributed by atoms with E-state index in [-0.39, 0.29) is 0 Å². The van der Waals surface area contributed by atoms with Gasteiger partial charge in [-0.15, -0.1) is 0 Å². The Labute approximate surface area is 87.4 Å². The summed E-state index contributed by atoms with van der Waals surface area (Å²) in [5.74, 6) is 0. The molecule has 0 aliphatic rings. The normalized spacial score (nSPS) is 11.7. The van der Waals surface area contributed by atoms with Gasteiger partial charge in [0.05, 0.1) is 6.07 Å². The molecule has 0 aliphatic carbocycles. The van der Waals surface area contributed by atoms with Crippen LogP contribution >= 0.6 is 0 Å². The molecule has 1 heteroatoms. The summed E-state index contributed by atoms with van der Waals surface area (Å²) in [5.41, 5.74) is 0. The van der Waals surface area contributed by atoms with Crippen LogP contribution in [0.25, 0.3) is 0 Å². The smallest absolute Gasteiger partial charge is 0.0624 e. The maximum Gasteiger partial charge on any atom is 0.0624 e. The number of rotatable bonds is 7. The van der Waals surface area contributed by atoms with E-state index < -0.39 is 0 Å². The molecule has 0 fully saturated rings. The highest BCUT2D eigenvalue weighted by Gasteiger charge is 1.77. The predicted molar refractivity (Wildman–Crippen MR) is 61.8 cm³/mol. The van der Waals surface area contributed by atoms with Crippen LogP contribution in [0.1, 0.15) is 39.0 Å². The summed E-state index contributed by atoms with van der Waals surface area (Å²) in [5, 5.41) is 8.29. The maximum atomic E-state index is 8.29. The van der Waals surface area contributed by atoms with Gasteiger partial charge in [-0.2, -0.15) is 5.26 Å². The van der Waals surface area contributed by atoms with E-state index in [0.717, 1.165) is 25.7 Å². The van der Waals surface area contributed by atoms with Crippen molar-refractivity contribution in [2.24, 2.45) is 0 Å². The highest BCUT2D eigenvalue weighted by molar-refractivity contribution is 4.94. The second kappa shape index (κ2) is 11.7. The van der Waals surface area contributed by atoms with Crippen LogP contribution in [0.3, 0.4) is 0 Å². The lowest BCUT2D eigenvalue weighted by atomic mass is 10.2. The summed E-state index contributed by atoms with van der Waals surface area (Å²) < 4.78 is 0. The zero-order chi connectivity index (χ0) is 10.5. The fourth-order valence-corrected chi connectivity index (χ4v) is 1.01. The van der Waals surface area contributed by atoms with E-state index in [1.165, 1.54) is 0 Å². The molecule has 0 amide bonds. The molecule has 0 aromatic carbocycles. The van der Waals surface area contributed by atoms with Gasteiger partial charge in [0.2, 0.25) is 0 Å². The van der Waals surface area contributed by atoms with Crippen molar-refractivity contribution in [1.82, 2.24) is 0 Å². The third kappa shape index (κ3) is 10.7. The van der Waals surface area contributed by atoms with Gasteiger partial charge in [0.25, 0.3) is 0 Å². The first-order valence-electron chi connectivity index (χ1n) is 5.20. The van der Waals surface area contributed by atoms with E-state index in [1.54, 1.807) is 0 Å². The molecule has 0 aromatic heterocycles. The average molecular weight is 189 g/mol. The fraction of sp³-hybridized carbons (Fsp3) is 0.462. The van der Waals surface area contributed by atoms with Crippen molar-refractivity contribution in [3.05, 3.63) is 36.5 Å². The largest absolute Gasteiger partial charge is 0.198 e. The highest BCUT2D eigenvalue weighted by Crippen LogP contribution is 1.96. The molecule has 0 bridgehead atoms. The molecule has 0 heterocycles. The van der Waals surface area contributed by atoms with Crippen LogP contribution in [0.15, 0.2) is 36.5 Å². The van der Waals surface area contributed by atoms with E-state index in [4.69, 9.17) is 5.26 Å². The summed E-state index contributed by atoms with van der Waals surface area (Å²) in [4.78, 5) is 0. The second-order valence-electron chi connectivity index (χ2n) is 3.02. The summed E-state index contributed by atoms with van der Waals surface area (Å²) in [6, 6.07) is 2.12. The van der Waals surface area contributed by atoms with Crippen molar-refractivity contribution in [3.63, 3.8) is 0 Å². The van der Waals surface area contributed by atoms with E-state index in [9.17, 15) is 0 Å². The Balaban J connectivity index is 3.26. The van der Waals surface area contributed by atoms with Crippen LogP contribution in [0.4, 0.5) is 0 Å². The minimum Gasteiger partial charge on any atom is -0.198 e. The Morgan fingerprint density at radius 3 is 2.21 bits per heavy atom. The van der Waals surface area contributed by atoms with Gasteiger partial charge in [-0.3, -0.25) is 0 Å². The molecule has 0 aromatic rings. The van der Waals surface area contributed by atoms with Gasteiger partial charge in [0.15, 0.2) is 0 Å². The number of unbranched alkanes of at least 4 members (excludes halogenated alkanes) is 2. The Kier molecular flexibility index (Phi) is 10.6. The molecular formula is C13H19N. The first-order valence-corrected chi connectivity index (χ1v) is 5.20. The Morgan fingerprint density at radius 1 is 0.929 bits per heavy atom. The van der Waals surface area contributed by atoms with Crippen molar-refractivity contribution in [2.45, 2.75) is 39.0 Å². The van der Waals surface area contributed by atoms with E-state index in [1.807, 2.05) is 6.92 Å². The Bertz CT molecular complexity index is 228. The zero-order valence-corrected chi connectivity index (χ0v) is 8.95. The van der Waals surface area contributed by atoms with Crippen molar-refractivity contribution in [1.29, 1.82) is 5.26 Å². The SMILES string of the molecule is C/C=C/CC/C=C/C/C=C/CCC#N. The van der Waals surface area contributed by atoms with Crippen LogP contribution < -0.4 is 0 Å². The number of nitriles is 1. The topological polar surface area (TPSA) is 23.8 Å². The van der Waals surface area contributed by atoms with Crippen LogP contribution in [-0.4, -0.2) is 0 Å². The van der Waals surface area contributed by atoms with Gasteiger partial charge >= 0.3 is 0 Å². The summed E-state index contributed by atoms with van der Waals surface area (Å²) in [7, 11) is 0. The molecule has 0 unspecified atom stereocenters. The summed E-state index contributed by atoms with van der Waals surface area (Å²) >= 11 is 0. The molecule has 0 aliphatic heterocycles. The van der Waals surface area contributed by atoms with E-state index >= 15 is 0 Å². The molecule has 0 N–H and O–H groups in total. The minimum absolute atomic E-state index is 0.626. The van der Waals surface area contributed by atoms with Gasteiger partial charge in [-0.05, 0) is 32.6 Å². The molecular weight excluding hydrogens is 170 g/mol. The van der Waals surface area contributed by atoms with Crippen LogP contribution in [0.5, 0.6) is 0 Å². The van der Waals surface area contributed by atoms with E-state index in [0.29, 0.717) is 6.42 Å². The van der Waals surface area contributed by atoms with Gasteiger partial charge in [-0.1, -0.05) is 36.5 Å². The van der Waals surface area contributed by atoms with Crippen molar-refractivity contribution < 1.29 is 0 Å². The average Bonchev–Trinajstić information content (AvgIpc) is 2.21. The molecule has 1 nitrogen and oxygen atoms in total. The van der Waals surface area contributed by atoms with Gasteiger partial charge in [-0.25, -0.2) is 0 Å². The lowest BCUT2D eigenvalue weighted by Crippen LogP contribution is -1.66. The fourth-order valence-electron chi connectivity index (χ4n) is 1.01. The number of hydrogen-bond acceptors (Lipinski definition) is 1. The maximum absolute atomic E-state index is 8.29. The van der Waals surface area contributed by atoms with Crippen LogP contribution in [0.2, 0.25) is 0 Å². The Hall–Kier alpha value is -1.29. The predicted octanol–water partition coefficient (Wildman–Crippen LogP) is 4.15. The quantitative estimate of drug-likeness (QED) is 0.436. The lowest BCUT2D eigenvalue weighted by Gasteiger charge is -1.85. The lowest BCUT2D eigenvalue weighted by molar-refractivity contribution is 1.04. The molecule has 14 heavy (non-hydrogen) atoms. The molecule has 0 radical (unpaired) electrons. The molecule has 0 rings (SSSR count). The standard InChI is InChI=1S/C13H19N/c1-2-3-4-5-6-7-8-9-10-11-12-13-14/h2-3,6-7,9-10H,4-5,8,11-12H2,1H3/b3-2+,7-6+,10-9+. The van der Waals surface area contributed by atoms with Crippen molar-refractivity contribution in [2.75, 3.05) is 0 Å². The zero-order valence-electron chi connectivity index (χ0n) is 8.95. The molecule has 0 saturated heterocycles. The third-order valence-corrected chi connectivity index (χ3v) is 1.76. The second-order valence-corrected chi connectivity index (χ2v) is 3.02. The molecule has 0 spiro atoms. The summed E-state index contributed by atoms with van der Waals surface area (Å²) in [6.45, 7) is 2.04. The van der Waals surface area contributed by atoms with Gasteiger partial charge in [0.1, 0.15) is 0 Å². The summed E-state index contributed by atoms with van der Waals surface area (Å²) in [6.07, 6.45) is 17.6. The van der Waals surface area contributed by atoms with E-state index in [2.05, 4.69) is 42.5 Å². The van der Waals surface area contributed by atoms with Crippen LogP contribution in [-0.2, 0) is 0 Å². The van der Waals surface area contributed by atoms with Gasteiger partial charge in [0, 0.05) is 6.42 Å². The number of nitrogens with zero attached hydrogens (tertiary/aromatic N) is 1. The molecule has 0 saturated carbocycles. The number of allylic oxidation sites excluding steroid dienone is 6. The van der Waals surface area contributed by atoms with Crippen LogP contribution in [0, 0.1) is 11.3 Å². The minimum atomic E-state index is 0.626. The monoisotopic (exact) mass is 189 g/mol. The van der Waals surface area contributed by atoms with Crippen molar-refractivity contribution >= 4 is 0 Å². The van der Waals surface area contributed by atoms with Gasteiger partial charge < -0.3 is 0 Å². The van der Waals surface area contributed by atoms with Crippen molar-refractivity contribution in [3.8, 4) is 6.07 Å². The Morgan fingerprint density at radius 2 is 1.57 bits per heavy atom. The third-order valence-electron chi connectivity index (χ3n) is 1.76. The first-order chi connectivity index (χ1) is 6.91. The number of hydrogen-bond donors (Lipinski definition) is 0.